The van der Waals surface area contributed by atoms with Gasteiger partial charge in [0, 0.05) is 6.07 Å². The topological polar surface area (TPSA) is 55.2 Å². The Kier molecular flexibility index (Phi) is 3.93. The Labute approximate surface area is 119 Å². The first kappa shape index (κ1) is 14.3. The molecule has 2 rings (SSSR count). The summed E-state index contributed by atoms with van der Waals surface area (Å²) in [4.78, 5) is 9.88. The number of nitro groups is 1. The third-order valence-electron chi connectivity index (χ3n) is 2.45. The number of hydrogen-bond acceptors (Lipinski definition) is 3. The highest BCUT2D eigenvalue weighted by atomic mass is 79.9. The molecule has 0 saturated carbocycles. The minimum absolute atomic E-state index is 0.0274. The van der Waals surface area contributed by atoms with Crippen LogP contribution in [0.3, 0.4) is 0 Å². The second-order valence-electron chi connectivity index (χ2n) is 3.76. The lowest BCUT2D eigenvalue weighted by molar-refractivity contribution is -0.386. The molecule has 0 radical (unpaired) electrons. The van der Waals surface area contributed by atoms with E-state index < -0.39 is 28.1 Å². The summed E-state index contributed by atoms with van der Waals surface area (Å²) in [5.74, 6) is -2.83. The lowest BCUT2D eigenvalue weighted by Crippen LogP contribution is -2.01. The van der Waals surface area contributed by atoms with Crippen molar-refractivity contribution in [3.63, 3.8) is 0 Å². The van der Waals surface area contributed by atoms with E-state index in [1.807, 2.05) is 0 Å². The summed E-state index contributed by atoms with van der Waals surface area (Å²) < 4.78 is 40.0. The zero-order chi connectivity index (χ0) is 14.9. The van der Waals surface area contributed by atoms with E-state index in [1.54, 1.807) is 0 Å². The highest BCUT2D eigenvalue weighted by Gasteiger charge is 2.21. The first-order valence-corrected chi connectivity index (χ1v) is 6.04. The van der Waals surface area contributed by atoms with E-state index in [-0.39, 0.29) is 15.8 Å². The van der Waals surface area contributed by atoms with Crippen LogP contribution in [0.5, 0.6) is 0 Å². The summed E-state index contributed by atoms with van der Waals surface area (Å²) in [6, 6.07) is 5.05. The van der Waals surface area contributed by atoms with Gasteiger partial charge in [0.1, 0.15) is 17.3 Å². The molecule has 20 heavy (non-hydrogen) atoms. The maximum Gasteiger partial charge on any atom is 0.327 e. The smallest absolute Gasteiger partial charge is 0.327 e. The van der Waals surface area contributed by atoms with Gasteiger partial charge in [0.25, 0.3) is 0 Å². The Hall–Kier alpha value is -2.09. The number of rotatable bonds is 3. The monoisotopic (exact) mass is 346 g/mol. The number of anilines is 2. The van der Waals surface area contributed by atoms with Crippen LogP contribution in [0.25, 0.3) is 0 Å². The van der Waals surface area contributed by atoms with Crippen LogP contribution in [-0.4, -0.2) is 4.92 Å². The molecule has 0 aliphatic rings. The van der Waals surface area contributed by atoms with E-state index in [4.69, 9.17) is 0 Å². The van der Waals surface area contributed by atoms with Gasteiger partial charge < -0.3 is 5.32 Å². The van der Waals surface area contributed by atoms with Gasteiger partial charge in [-0.3, -0.25) is 10.1 Å². The molecule has 0 saturated heterocycles. The third-order valence-corrected chi connectivity index (χ3v) is 3.06. The lowest BCUT2D eigenvalue weighted by Gasteiger charge is -2.09. The highest BCUT2D eigenvalue weighted by molar-refractivity contribution is 9.10. The summed E-state index contributed by atoms with van der Waals surface area (Å²) in [5.41, 5.74) is -1.26. The molecule has 8 heteroatoms. The molecule has 4 nitrogen and oxygen atoms in total. The minimum atomic E-state index is -1.05. The molecule has 2 aromatic carbocycles. The van der Waals surface area contributed by atoms with Crippen LogP contribution >= 0.6 is 15.9 Å². The zero-order valence-electron chi connectivity index (χ0n) is 9.66. The van der Waals surface area contributed by atoms with Crippen LogP contribution in [-0.2, 0) is 0 Å². The molecule has 0 fully saturated rings. The largest absolute Gasteiger partial charge is 0.347 e. The van der Waals surface area contributed by atoms with E-state index in [1.165, 1.54) is 12.1 Å². The Balaban J connectivity index is 2.48. The summed E-state index contributed by atoms with van der Waals surface area (Å²) in [6.45, 7) is 0. The highest BCUT2D eigenvalue weighted by Crippen LogP contribution is 2.32. The van der Waals surface area contributed by atoms with Gasteiger partial charge in [0.15, 0.2) is 0 Å². The van der Waals surface area contributed by atoms with Crippen LogP contribution in [0.1, 0.15) is 0 Å². The maximum absolute atomic E-state index is 13.6. The van der Waals surface area contributed by atoms with E-state index in [2.05, 4.69) is 21.2 Å². The number of benzene rings is 2. The fraction of sp³-hybridized carbons (Fsp3) is 0. The number of hydrogen-bond donors (Lipinski definition) is 1. The summed E-state index contributed by atoms with van der Waals surface area (Å²) in [5, 5.41) is 13.2. The second kappa shape index (κ2) is 5.49. The number of nitrogens with one attached hydrogen (secondary N) is 1. The summed E-state index contributed by atoms with van der Waals surface area (Å²) >= 11 is 2.87. The first-order chi connectivity index (χ1) is 9.40. The van der Waals surface area contributed by atoms with Crippen molar-refractivity contribution in [2.45, 2.75) is 0 Å². The van der Waals surface area contributed by atoms with E-state index >= 15 is 0 Å². The lowest BCUT2D eigenvalue weighted by atomic mass is 10.2. The maximum atomic E-state index is 13.6. The van der Waals surface area contributed by atoms with Gasteiger partial charge in [-0.15, -0.1) is 0 Å². The fourth-order valence-electron chi connectivity index (χ4n) is 1.57. The molecular weight excluding hydrogens is 341 g/mol. The van der Waals surface area contributed by atoms with Gasteiger partial charge in [0.05, 0.1) is 15.1 Å². The van der Waals surface area contributed by atoms with Crippen LogP contribution in [0, 0.1) is 27.6 Å². The van der Waals surface area contributed by atoms with Crippen molar-refractivity contribution < 1.29 is 18.1 Å². The molecule has 0 bridgehead atoms. The van der Waals surface area contributed by atoms with Gasteiger partial charge in [-0.05, 0) is 34.1 Å². The Morgan fingerprint density at radius 1 is 1.05 bits per heavy atom. The van der Waals surface area contributed by atoms with Gasteiger partial charge >= 0.3 is 5.69 Å². The Morgan fingerprint density at radius 3 is 2.40 bits per heavy atom. The van der Waals surface area contributed by atoms with Crippen molar-refractivity contribution in [3.05, 3.63) is 62.4 Å². The molecule has 0 aliphatic heterocycles. The summed E-state index contributed by atoms with van der Waals surface area (Å²) in [6.07, 6.45) is 0. The van der Waals surface area contributed by atoms with Gasteiger partial charge in [-0.2, -0.15) is 4.39 Å². The Bertz CT molecular complexity index is 695. The van der Waals surface area contributed by atoms with E-state index in [9.17, 15) is 23.3 Å². The quantitative estimate of drug-likeness (QED) is 0.505. The van der Waals surface area contributed by atoms with Crippen LogP contribution < -0.4 is 5.32 Å². The molecule has 0 aliphatic carbocycles. The standard InChI is InChI=1S/C12H6BrF3N2O2/c13-6-4-11(9(16)5-8(6)15)17-10-3-1-2-7(14)12(10)18(19)20/h1-5,17H. The van der Waals surface area contributed by atoms with Gasteiger partial charge in [-0.1, -0.05) is 6.07 Å². The third kappa shape index (κ3) is 2.74. The van der Waals surface area contributed by atoms with Crippen LogP contribution in [0.15, 0.2) is 34.8 Å². The van der Waals surface area contributed by atoms with Crippen molar-refractivity contribution in [1.29, 1.82) is 0 Å². The number of nitro benzene ring substituents is 1. The zero-order valence-corrected chi connectivity index (χ0v) is 11.2. The first-order valence-electron chi connectivity index (χ1n) is 5.24. The molecule has 0 aromatic heterocycles. The van der Waals surface area contributed by atoms with Crippen molar-refractivity contribution in [2.75, 3.05) is 5.32 Å². The fourth-order valence-corrected chi connectivity index (χ4v) is 1.91. The van der Waals surface area contributed by atoms with Crippen molar-refractivity contribution in [2.24, 2.45) is 0 Å². The molecule has 1 N–H and O–H groups in total. The predicted octanol–water partition coefficient (Wildman–Crippen LogP) is 4.52. The second-order valence-corrected chi connectivity index (χ2v) is 4.62. The molecule has 2 aromatic rings. The molecule has 0 amide bonds. The SMILES string of the molecule is O=[N+]([O-])c1c(F)cccc1Nc1cc(Br)c(F)cc1F. The van der Waals surface area contributed by atoms with Crippen molar-refractivity contribution >= 4 is 33.0 Å². The normalized spacial score (nSPS) is 10.4. The van der Waals surface area contributed by atoms with Crippen molar-refractivity contribution in [3.8, 4) is 0 Å². The molecule has 104 valence electrons. The molecule has 0 atom stereocenters. The minimum Gasteiger partial charge on any atom is -0.347 e. The van der Waals surface area contributed by atoms with Crippen molar-refractivity contribution in [1.82, 2.24) is 0 Å². The number of halogens is 4. The van der Waals surface area contributed by atoms with Gasteiger partial charge in [0.2, 0.25) is 5.82 Å². The summed E-state index contributed by atoms with van der Waals surface area (Å²) in [7, 11) is 0. The average Bonchev–Trinajstić information content (AvgIpc) is 2.35. The predicted molar refractivity (Wildman–Crippen MR) is 70.4 cm³/mol. The van der Waals surface area contributed by atoms with E-state index in [0.717, 1.165) is 12.1 Å². The molecule has 0 heterocycles. The van der Waals surface area contributed by atoms with E-state index in [0.29, 0.717) is 6.07 Å². The molecular formula is C12H6BrF3N2O2. The molecule has 0 spiro atoms. The number of nitrogens with zero attached hydrogens (tertiary/aromatic N) is 1. The van der Waals surface area contributed by atoms with Crippen LogP contribution in [0.4, 0.5) is 30.2 Å². The molecule has 0 unspecified atom stereocenters. The van der Waals surface area contributed by atoms with Crippen LogP contribution in [0.2, 0.25) is 0 Å². The average molecular weight is 347 g/mol. The number of para-hydroxylation sites is 1. The van der Waals surface area contributed by atoms with Gasteiger partial charge in [-0.25, -0.2) is 8.78 Å². The Morgan fingerprint density at radius 2 is 1.75 bits per heavy atom.